The lowest BCUT2D eigenvalue weighted by Gasteiger charge is -2.11. The zero-order valence-corrected chi connectivity index (χ0v) is 13.3. The van der Waals surface area contributed by atoms with E-state index in [-0.39, 0.29) is 17.8 Å². The van der Waals surface area contributed by atoms with Crippen LogP contribution in [0.1, 0.15) is 23.4 Å². The normalized spacial score (nSPS) is 12.1. The summed E-state index contributed by atoms with van der Waals surface area (Å²) in [6, 6.07) is 6.26. The topological polar surface area (TPSA) is 59.8 Å². The van der Waals surface area contributed by atoms with Crippen molar-refractivity contribution in [1.82, 2.24) is 14.5 Å². The van der Waals surface area contributed by atoms with Crippen LogP contribution in [0.25, 0.3) is 0 Å². The van der Waals surface area contributed by atoms with Crippen molar-refractivity contribution < 1.29 is 9.18 Å². The summed E-state index contributed by atoms with van der Waals surface area (Å²) >= 11 is 1.34. The molecule has 1 amide bonds. The number of imidazole rings is 1. The minimum absolute atomic E-state index is 0.171. The molecule has 7 heteroatoms. The number of benzene rings is 1. The molecule has 0 aliphatic carbocycles. The number of halogens is 1. The van der Waals surface area contributed by atoms with Gasteiger partial charge < -0.3 is 9.88 Å². The predicted octanol–water partition coefficient (Wildman–Crippen LogP) is 3.27. The van der Waals surface area contributed by atoms with Gasteiger partial charge in [-0.25, -0.2) is 14.4 Å². The first-order chi connectivity index (χ1) is 11.1. The third-order valence-corrected chi connectivity index (χ3v) is 4.37. The highest BCUT2D eigenvalue weighted by molar-refractivity contribution is 7.15. The third kappa shape index (κ3) is 3.62. The maximum absolute atomic E-state index is 13.7. The van der Waals surface area contributed by atoms with Crippen LogP contribution >= 0.6 is 11.3 Å². The Morgan fingerprint density at radius 1 is 1.43 bits per heavy atom. The van der Waals surface area contributed by atoms with Gasteiger partial charge in [-0.1, -0.05) is 18.2 Å². The second-order valence-corrected chi connectivity index (χ2v) is 6.19. The van der Waals surface area contributed by atoms with Crippen molar-refractivity contribution in [2.45, 2.75) is 19.4 Å². The van der Waals surface area contributed by atoms with Gasteiger partial charge in [0.25, 0.3) is 0 Å². The van der Waals surface area contributed by atoms with Gasteiger partial charge in [-0.15, -0.1) is 11.3 Å². The summed E-state index contributed by atoms with van der Waals surface area (Å²) < 4.78 is 15.4. The van der Waals surface area contributed by atoms with Gasteiger partial charge in [0, 0.05) is 29.9 Å². The highest BCUT2D eigenvalue weighted by Crippen LogP contribution is 2.23. The molecule has 118 valence electrons. The molecule has 3 aromatic rings. The minimum Gasteiger partial charge on any atom is -0.325 e. The summed E-state index contributed by atoms with van der Waals surface area (Å²) in [6.45, 7) is 1.78. The average molecular weight is 330 g/mol. The number of hydrogen-bond acceptors (Lipinski definition) is 4. The summed E-state index contributed by atoms with van der Waals surface area (Å²) in [7, 11) is 0. The average Bonchev–Trinajstić information content (AvgIpc) is 3.21. The number of amides is 1. The standard InChI is InChI=1S/C16H15FN4OS/c1-11(21-7-6-18-10-21)15(22)20-16-19-9-13(23-16)8-12-4-2-3-5-14(12)17/h2-7,9-11H,8H2,1H3,(H,19,20,22). The van der Waals surface area contributed by atoms with E-state index in [4.69, 9.17) is 0 Å². The molecule has 1 unspecified atom stereocenters. The molecule has 1 aromatic carbocycles. The van der Waals surface area contributed by atoms with Crippen LogP contribution in [-0.4, -0.2) is 20.4 Å². The molecule has 1 N–H and O–H groups in total. The van der Waals surface area contributed by atoms with Crippen molar-refractivity contribution in [3.63, 3.8) is 0 Å². The fourth-order valence-corrected chi connectivity index (χ4v) is 2.96. The number of nitrogens with zero attached hydrogens (tertiary/aromatic N) is 3. The molecule has 0 aliphatic rings. The largest absolute Gasteiger partial charge is 0.325 e. The molecule has 23 heavy (non-hydrogen) atoms. The molecule has 0 spiro atoms. The molecule has 5 nitrogen and oxygen atoms in total. The first-order valence-corrected chi connectivity index (χ1v) is 7.91. The molecule has 2 aromatic heterocycles. The third-order valence-electron chi connectivity index (χ3n) is 3.46. The fourth-order valence-electron chi connectivity index (χ4n) is 2.12. The van der Waals surface area contributed by atoms with Crippen LogP contribution < -0.4 is 5.32 Å². The first-order valence-electron chi connectivity index (χ1n) is 7.10. The monoisotopic (exact) mass is 330 g/mol. The number of nitrogens with one attached hydrogen (secondary N) is 1. The van der Waals surface area contributed by atoms with Crippen LogP contribution in [0.4, 0.5) is 9.52 Å². The summed E-state index contributed by atoms with van der Waals surface area (Å²) in [6.07, 6.45) is 7.07. The van der Waals surface area contributed by atoms with Crippen LogP contribution in [0.5, 0.6) is 0 Å². The van der Waals surface area contributed by atoms with Gasteiger partial charge in [0.15, 0.2) is 5.13 Å². The van der Waals surface area contributed by atoms with E-state index in [1.165, 1.54) is 17.4 Å². The fraction of sp³-hybridized carbons (Fsp3) is 0.188. The van der Waals surface area contributed by atoms with Crippen molar-refractivity contribution in [2.75, 3.05) is 5.32 Å². The van der Waals surface area contributed by atoms with E-state index in [9.17, 15) is 9.18 Å². The quantitative estimate of drug-likeness (QED) is 0.781. The Morgan fingerprint density at radius 3 is 3.00 bits per heavy atom. The van der Waals surface area contributed by atoms with Gasteiger partial charge in [0.1, 0.15) is 11.9 Å². The maximum atomic E-state index is 13.7. The van der Waals surface area contributed by atoms with E-state index in [1.54, 1.807) is 54.6 Å². The van der Waals surface area contributed by atoms with Crippen molar-refractivity contribution in [2.24, 2.45) is 0 Å². The Morgan fingerprint density at radius 2 is 2.26 bits per heavy atom. The molecule has 2 heterocycles. The molecule has 0 saturated heterocycles. The van der Waals surface area contributed by atoms with Crippen molar-refractivity contribution >= 4 is 22.4 Å². The van der Waals surface area contributed by atoms with E-state index in [2.05, 4.69) is 15.3 Å². The van der Waals surface area contributed by atoms with Crippen molar-refractivity contribution in [1.29, 1.82) is 0 Å². The van der Waals surface area contributed by atoms with Gasteiger partial charge in [0.2, 0.25) is 5.91 Å². The number of thiazole rings is 1. The molecule has 0 saturated carbocycles. The lowest BCUT2D eigenvalue weighted by Crippen LogP contribution is -2.22. The van der Waals surface area contributed by atoms with Gasteiger partial charge in [-0.2, -0.15) is 0 Å². The van der Waals surface area contributed by atoms with Crippen LogP contribution in [0.3, 0.4) is 0 Å². The van der Waals surface area contributed by atoms with Crippen molar-refractivity contribution in [3.8, 4) is 0 Å². The zero-order chi connectivity index (χ0) is 16.2. The smallest absolute Gasteiger partial charge is 0.248 e. The Labute approximate surface area is 136 Å². The van der Waals surface area contributed by atoms with Gasteiger partial charge in [-0.3, -0.25) is 4.79 Å². The molecule has 0 radical (unpaired) electrons. The second kappa shape index (κ2) is 6.70. The van der Waals surface area contributed by atoms with Gasteiger partial charge in [-0.05, 0) is 18.6 Å². The first kappa shape index (κ1) is 15.4. The minimum atomic E-state index is -0.378. The van der Waals surface area contributed by atoms with Crippen LogP contribution in [0.15, 0.2) is 49.2 Å². The lowest BCUT2D eigenvalue weighted by atomic mass is 10.1. The van der Waals surface area contributed by atoms with Gasteiger partial charge in [0.05, 0.1) is 6.33 Å². The Balaban J connectivity index is 1.65. The maximum Gasteiger partial charge on any atom is 0.248 e. The van der Waals surface area contributed by atoms with Gasteiger partial charge >= 0.3 is 0 Å². The second-order valence-electron chi connectivity index (χ2n) is 5.08. The highest BCUT2D eigenvalue weighted by Gasteiger charge is 2.16. The molecule has 3 rings (SSSR count). The van der Waals surface area contributed by atoms with E-state index in [0.717, 1.165) is 4.88 Å². The molecular weight excluding hydrogens is 315 g/mol. The zero-order valence-electron chi connectivity index (χ0n) is 12.4. The highest BCUT2D eigenvalue weighted by atomic mass is 32.1. The molecule has 0 aliphatic heterocycles. The molecule has 0 fully saturated rings. The van der Waals surface area contributed by atoms with Crippen LogP contribution in [-0.2, 0) is 11.2 Å². The summed E-state index contributed by atoms with van der Waals surface area (Å²) in [4.78, 5) is 21.2. The summed E-state index contributed by atoms with van der Waals surface area (Å²) in [5.74, 6) is -0.407. The molecule has 1 atom stereocenters. The Kier molecular flexibility index (Phi) is 4.47. The molecule has 0 bridgehead atoms. The lowest BCUT2D eigenvalue weighted by molar-refractivity contribution is -0.118. The number of carbonyl (C=O) groups excluding carboxylic acids is 1. The van der Waals surface area contributed by atoms with E-state index in [1.807, 2.05) is 0 Å². The summed E-state index contributed by atoms with van der Waals surface area (Å²) in [5, 5.41) is 3.28. The van der Waals surface area contributed by atoms with Crippen molar-refractivity contribution in [3.05, 3.63) is 65.4 Å². The van der Waals surface area contributed by atoms with E-state index >= 15 is 0 Å². The molecular formula is C16H15FN4OS. The number of carbonyl (C=O) groups is 1. The Hall–Kier alpha value is -2.54. The van der Waals surface area contributed by atoms with E-state index < -0.39 is 0 Å². The SMILES string of the molecule is CC(C(=O)Nc1ncc(Cc2ccccc2F)s1)n1ccnc1. The van der Waals surface area contributed by atoms with Crippen LogP contribution in [0, 0.1) is 5.82 Å². The van der Waals surface area contributed by atoms with Crippen LogP contribution in [0.2, 0.25) is 0 Å². The Bertz CT molecular complexity index is 800. The number of hydrogen-bond donors (Lipinski definition) is 1. The summed E-state index contributed by atoms with van der Waals surface area (Å²) in [5.41, 5.74) is 0.612. The predicted molar refractivity (Wildman–Crippen MR) is 86.9 cm³/mol. The number of rotatable bonds is 5. The number of aromatic nitrogens is 3. The number of anilines is 1. The van der Waals surface area contributed by atoms with E-state index in [0.29, 0.717) is 17.1 Å².